The molecule has 1 aromatic carbocycles. The molecule has 2 N–H and O–H groups in total. The number of fused-ring (bicyclic) bond motifs is 1. The predicted octanol–water partition coefficient (Wildman–Crippen LogP) is 2.92. The summed E-state index contributed by atoms with van der Waals surface area (Å²) in [5.74, 6) is 2.00. The number of nitrogens with zero attached hydrogens (tertiary/aromatic N) is 3. The van der Waals surface area contributed by atoms with Gasteiger partial charge in [0.25, 0.3) is 0 Å². The first kappa shape index (κ1) is 13.6. The standard InChI is InChI=1S/C15H16N4OS/c1-19(9-10-5-3-4-6-12(10)20-2)13-11-7-8-21-14(11)18-15(16)17-13/h3-8H,9H2,1-2H3,(H2,16,17,18). The highest BCUT2D eigenvalue weighted by Gasteiger charge is 2.13. The molecule has 2 heterocycles. The fourth-order valence-corrected chi connectivity index (χ4v) is 3.08. The van der Waals surface area contributed by atoms with Gasteiger partial charge in [-0.25, -0.2) is 4.98 Å². The molecule has 0 amide bonds. The number of methoxy groups -OCH3 is 1. The second kappa shape index (κ2) is 5.57. The lowest BCUT2D eigenvalue weighted by atomic mass is 10.2. The van der Waals surface area contributed by atoms with Crippen molar-refractivity contribution in [2.75, 3.05) is 24.8 Å². The first-order chi connectivity index (χ1) is 10.2. The Morgan fingerprint density at radius 3 is 2.86 bits per heavy atom. The topological polar surface area (TPSA) is 64.3 Å². The molecule has 0 saturated carbocycles. The van der Waals surface area contributed by atoms with E-state index >= 15 is 0 Å². The largest absolute Gasteiger partial charge is 0.496 e. The Morgan fingerprint density at radius 1 is 1.24 bits per heavy atom. The minimum Gasteiger partial charge on any atom is -0.496 e. The van der Waals surface area contributed by atoms with Crippen LogP contribution in [0.25, 0.3) is 10.2 Å². The highest BCUT2D eigenvalue weighted by atomic mass is 32.1. The van der Waals surface area contributed by atoms with Gasteiger partial charge in [0.15, 0.2) is 0 Å². The zero-order valence-electron chi connectivity index (χ0n) is 11.9. The van der Waals surface area contributed by atoms with Crippen molar-refractivity contribution in [2.45, 2.75) is 6.54 Å². The van der Waals surface area contributed by atoms with Crippen LogP contribution >= 0.6 is 11.3 Å². The second-order valence-corrected chi connectivity index (χ2v) is 5.61. The summed E-state index contributed by atoms with van der Waals surface area (Å²) in [6.07, 6.45) is 0. The average Bonchev–Trinajstić information content (AvgIpc) is 2.94. The van der Waals surface area contributed by atoms with Gasteiger partial charge in [0.1, 0.15) is 16.4 Å². The lowest BCUT2D eigenvalue weighted by Gasteiger charge is -2.20. The van der Waals surface area contributed by atoms with Crippen LogP contribution in [0.4, 0.5) is 11.8 Å². The molecule has 5 nitrogen and oxygen atoms in total. The number of thiophene rings is 1. The van der Waals surface area contributed by atoms with E-state index in [1.807, 2.05) is 42.8 Å². The van der Waals surface area contributed by atoms with E-state index in [0.29, 0.717) is 12.5 Å². The summed E-state index contributed by atoms with van der Waals surface area (Å²) < 4.78 is 5.40. The number of rotatable bonds is 4. The Morgan fingerprint density at radius 2 is 2.05 bits per heavy atom. The molecule has 0 aliphatic heterocycles. The molecule has 0 radical (unpaired) electrons. The molecule has 0 spiro atoms. The molecule has 0 fully saturated rings. The molecule has 0 aliphatic carbocycles. The van der Waals surface area contributed by atoms with E-state index in [1.165, 1.54) is 0 Å². The number of ether oxygens (including phenoxy) is 1. The molecular formula is C15H16N4OS. The van der Waals surface area contributed by atoms with Gasteiger partial charge in [-0.1, -0.05) is 18.2 Å². The van der Waals surface area contributed by atoms with Crippen molar-refractivity contribution in [1.82, 2.24) is 9.97 Å². The Bertz CT molecular complexity index is 771. The molecule has 2 aromatic heterocycles. The first-order valence-electron chi connectivity index (χ1n) is 6.53. The highest BCUT2D eigenvalue weighted by Crippen LogP contribution is 2.29. The number of aromatic nitrogens is 2. The molecule has 108 valence electrons. The summed E-state index contributed by atoms with van der Waals surface area (Å²) in [7, 11) is 3.67. The number of anilines is 2. The maximum Gasteiger partial charge on any atom is 0.223 e. The van der Waals surface area contributed by atoms with Crippen molar-refractivity contribution in [3.8, 4) is 5.75 Å². The number of nitrogens with two attached hydrogens (primary N) is 1. The van der Waals surface area contributed by atoms with Crippen molar-refractivity contribution in [1.29, 1.82) is 0 Å². The maximum absolute atomic E-state index is 5.80. The Labute approximate surface area is 127 Å². The molecule has 6 heteroatoms. The quantitative estimate of drug-likeness (QED) is 0.802. The summed E-state index contributed by atoms with van der Waals surface area (Å²) in [6.45, 7) is 0.686. The van der Waals surface area contributed by atoms with E-state index in [9.17, 15) is 0 Å². The Balaban J connectivity index is 1.97. The number of hydrogen-bond acceptors (Lipinski definition) is 6. The summed E-state index contributed by atoms with van der Waals surface area (Å²) in [6, 6.07) is 9.98. The monoisotopic (exact) mass is 300 g/mol. The SMILES string of the molecule is COc1ccccc1CN(C)c1nc(N)nc2sccc12. The second-order valence-electron chi connectivity index (χ2n) is 4.71. The third kappa shape index (κ3) is 2.62. The Kier molecular flexibility index (Phi) is 3.62. The smallest absolute Gasteiger partial charge is 0.223 e. The van der Waals surface area contributed by atoms with Crippen molar-refractivity contribution in [3.05, 3.63) is 41.3 Å². The van der Waals surface area contributed by atoms with Crippen LogP contribution in [0.1, 0.15) is 5.56 Å². The molecule has 0 saturated heterocycles. The summed E-state index contributed by atoms with van der Waals surface area (Å²) in [5, 5.41) is 3.02. The lowest BCUT2D eigenvalue weighted by Crippen LogP contribution is -2.19. The van der Waals surface area contributed by atoms with E-state index in [1.54, 1.807) is 18.4 Å². The van der Waals surface area contributed by atoms with Crippen LogP contribution in [0.3, 0.4) is 0 Å². The zero-order chi connectivity index (χ0) is 14.8. The van der Waals surface area contributed by atoms with Crippen molar-refractivity contribution < 1.29 is 4.74 Å². The zero-order valence-corrected chi connectivity index (χ0v) is 12.7. The van der Waals surface area contributed by atoms with E-state index in [2.05, 4.69) is 14.9 Å². The van der Waals surface area contributed by atoms with E-state index in [4.69, 9.17) is 10.5 Å². The minimum absolute atomic E-state index is 0.298. The van der Waals surface area contributed by atoms with Gasteiger partial charge in [-0.15, -0.1) is 11.3 Å². The molecule has 0 bridgehead atoms. The van der Waals surface area contributed by atoms with Gasteiger partial charge >= 0.3 is 0 Å². The fourth-order valence-electron chi connectivity index (χ4n) is 2.31. The molecule has 0 aliphatic rings. The van der Waals surface area contributed by atoms with Crippen molar-refractivity contribution in [2.24, 2.45) is 0 Å². The van der Waals surface area contributed by atoms with E-state index < -0.39 is 0 Å². The van der Waals surface area contributed by atoms with Crippen LogP contribution < -0.4 is 15.4 Å². The van der Waals surface area contributed by atoms with Crippen LogP contribution in [-0.4, -0.2) is 24.1 Å². The van der Waals surface area contributed by atoms with E-state index in [-0.39, 0.29) is 0 Å². The van der Waals surface area contributed by atoms with Gasteiger partial charge in [0, 0.05) is 19.2 Å². The summed E-state index contributed by atoms with van der Waals surface area (Å²) in [4.78, 5) is 11.6. The van der Waals surface area contributed by atoms with Crippen LogP contribution in [0, 0.1) is 0 Å². The van der Waals surface area contributed by atoms with Gasteiger partial charge in [-0.2, -0.15) is 4.98 Å². The molecular weight excluding hydrogens is 284 g/mol. The van der Waals surface area contributed by atoms with Crippen molar-refractivity contribution in [3.63, 3.8) is 0 Å². The highest BCUT2D eigenvalue weighted by molar-refractivity contribution is 7.16. The van der Waals surface area contributed by atoms with Crippen LogP contribution in [0.5, 0.6) is 5.75 Å². The third-order valence-electron chi connectivity index (χ3n) is 3.28. The summed E-state index contributed by atoms with van der Waals surface area (Å²) in [5.41, 5.74) is 6.90. The van der Waals surface area contributed by atoms with Crippen molar-refractivity contribution >= 4 is 33.3 Å². The third-order valence-corrected chi connectivity index (χ3v) is 4.09. The van der Waals surface area contributed by atoms with Gasteiger partial charge < -0.3 is 15.4 Å². The minimum atomic E-state index is 0.298. The van der Waals surface area contributed by atoms with Crippen LogP contribution in [-0.2, 0) is 6.54 Å². The lowest BCUT2D eigenvalue weighted by molar-refractivity contribution is 0.409. The molecule has 0 unspecified atom stereocenters. The number of para-hydroxylation sites is 1. The van der Waals surface area contributed by atoms with Gasteiger partial charge in [-0.05, 0) is 17.5 Å². The molecule has 3 aromatic rings. The normalized spacial score (nSPS) is 10.8. The van der Waals surface area contributed by atoms with Crippen LogP contribution in [0.2, 0.25) is 0 Å². The fraction of sp³-hybridized carbons (Fsp3) is 0.200. The first-order valence-corrected chi connectivity index (χ1v) is 7.40. The Hall–Kier alpha value is -2.34. The van der Waals surface area contributed by atoms with Gasteiger partial charge in [0.05, 0.1) is 12.5 Å². The molecule has 3 rings (SSSR count). The summed E-state index contributed by atoms with van der Waals surface area (Å²) >= 11 is 1.56. The maximum atomic E-state index is 5.80. The van der Waals surface area contributed by atoms with Crippen LogP contribution in [0.15, 0.2) is 35.7 Å². The number of hydrogen-bond donors (Lipinski definition) is 1. The molecule has 0 atom stereocenters. The average molecular weight is 300 g/mol. The van der Waals surface area contributed by atoms with Gasteiger partial charge in [0.2, 0.25) is 5.95 Å². The molecule has 21 heavy (non-hydrogen) atoms. The van der Waals surface area contributed by atoms with E-state index in [0.717, 1.165) is 27.3 Å². The van der Waals surface area contributed by atoms with Gasteiger partial charge in [-0.3, -0.25) is 0 Å². The number of nitrogen functional groups attached to an aromatic ring is 1. The predicted molar refractivity (Wildman–Crippen MR) is 86.9 cm³/mol. The number of benzene rings is 1.